The first-order valence-electron chi connectivity index (χ1n) is 7.94. The van der Waals surface area contributed by atoms with Gasteiger partial charge in [-0.2, -0.15) is 0 Å². The van der Waals surface area contributed by atoms with E-state index >= 15 is 0 Å². The molecule has 0 radical (unpaired) electrons. The van der Waals surface area contributed by atoms with Crippen LogP contribution in [0.3, 0.4) is 0 Å². The van der Waals surface area contributed by atoms with Gasteiger partial charge in [0.1, 0.15) is 5.60 Å². The second kappa shape index (κ2) is 4.96. The first kappa shape index (κ1) is 15.5. The fraction of sp³-hybridized carbons (Fsp3) is 0.500. The van der Waals surface area contributed by atoms with Gasteiger partial charge in [0.15, 0.2) is 0 Å². The molecule has 2 fully saturated rings. The molecule has 122 valence electrons. The number of carbonyl (C=O) groups is 1. The van der Waals surface area contributed by atoms with Gasteiger partial charge in [0.2, 0.25) is 0 Å². The Morgan fingerprint density at radius 2 is 2.17 bits per heavy atom. The van der Waals surface area contributed by atoms with Gasteiger partial charge in [0.05, 0.1) is 0 Å². The maximum absolute atomic E-state index is 12.3. The molecular formula is C18H20BrNO2S. The molecule has 1 aliphatic carbocycles. The van der Waals surface area contributed by atoms with Gasteiger partial charge in [-0.05, 0) is 56.7 Å². The van der Waals surface area contributed by atoms with E-state index in [1.165, 1.54) is 21.4 Å². The molecule has 0 bridgehead atoms. The lowest BCUT2D eigenvalue weighted by atomic mass is 10.0. The quantitative estimate of drug-likeness (QED) is 0.668. The van der Waals surface area contributed by atoms with Crippen molar-refractivity contribution in [3.63, 3.8) is 0 Å². The summed E-state index contributed by atoms with van der Waals surface area (Å²) >= 11 is 5.41. The minimum absolute atomic E-state index is 0.173. The monoisotopic (exact) mass is 393 g/mol. The molecule has 5 heteroatoms. The lowest BCUT2D eigenvalue weighted by Gasteiger charge is -2.26. The first-order valence-corrected chi connectivity index (χ1v) is 9.55. The number of carbonyl (C=O) groups excluding carboxylic acids is 1. The summed E-state index contributed by atoms with van der Waals surface area (Å²) in [5, 5.41) is 1.30. The SMILES string of the molecule is CC(C)(C)OC(=O)N1CC2CC2(c2cc3ccc(Br)cc3s2)C1. The molecule has 2 aliphatic rings. The summed E-state index contributed by atoms with van der Waals surface area (Å²) in [6.45, 7) is 7.37. The molecule has 2 heterocycles. The lowest BCUT2D eigenvalue weighted by Crippen LogP contribution is -2.37. The Kier molecular flexibility index (Phi) is 3.34. The Hall–Kier alpha value is -1.07. The molecule has 1 aliphatic heterocycles. The Balaban J connectivity index is 1.57. The molecular weight excluding hydrogens is 374 g/mol. The molecule has 2 aromatic rings. The normalized spacial score (nSPS) is 26.4. The van der Waals surface area contributed by atoms with E-state index in [0.717, 1.165) is 17.6 Å². The first-order chi connectivity index (χ1) is 10.8. The second-order valence-corrected chi connectivity index (χ2v) is 9.71. The maximum atomic E-state index is 12.3. The van der Waals surface area contributed by atoms with Gasteiger partial charge in [-0.3, -0.25) is 0 Å². The lowest BCUT2D eigenvalue weighted by molar-refractivity contribution is 0.0270. The summed E-state index contributed by atoms with van der Waals surface area (Å²) in [7, 11) is 0. The van der Waals surface area contributed by atoms with Crippen LogP contribution in [0.4, 0.5) is 4.79 Å². The number of amides is 1. The van der Waals surface area contributed by atoms with Crippen LogP contribution in [0.1, 0.15) is 32.1 Å². The number of piperidine rings is 1. The Morgan fingerprint density at radius 3 is 2.91 bits per heavy atom. The highest BCUT2D eigenvalue weighted by Gasteiger charge is 2.62. The Labute approximate surface area is 148 Å². The number of likely N-dealkylation sites (tertiary alicyclic amines) is 1. The fourth-order valence-electron chi connectivity index (χ4n) is 3.58. The summed E-state index contributed by atoms with van der Waals surface area (Å²) < 4.78 is 7.96. The number of nitrogens with zero attached hydrogens (tertiary/aromatic N) is 1. The van der Waals surface area contributed by atoms with E-state index in [-0.39, 0.29) is 11.5 Å². The Morgan fingerprint density at radius 1 is 1.39 bits per heavy atom. The van der Waals surface area contributed by atoms with Crippen LogP contribution in [0.2, 0.25) is 0 Å². The third kappa shape index (κ3) is 2.68. The topological polar surface area (TPSA) is 29.5 Å². The number of benzene rings is 1. The van der Waals surface area contributed by atoms with Gasteiger partial charge < -0.3 is 9.64 Å². The number of rotatable bonds is 1. The third-order valence-corrected chi connectivity index (χ3v) is 6.58. The van der Waals surface area contributed by atoms with Crippen LogP contribution in [0.15, 0.2) is 28.7 Å². The minimum atomic E-state index is -0.430. The van der Waals surface area contributed by atoms with E-state index in [2.05, 4.69) is 40.2 Å². The summed E-state index contributed by atoms with van der Waals surface area (Å²) in [5.74, 6) is 0.589. The number of hydrogen-bond acceptors (Lipinski definition) is 3. The van der Waals surface area contributed by atoms with Gasteiger partial charge in [-0.1, -0.05) is 22.0 Å². The number of halogens is 1. The van der Waals surface area contributed by atoms with Crippen LogP contribution in [-0.2, 0) is 10.2 Å². The van der Waals surface area contributed by atoms with Crippen LogP contribution < -0.4 is 0 Å². The molecule has 1 aromatic carbocycles. The highest BCUT2D eigenvalue weighted by Crippen LogP contribution is 2.61. The molecule has 1 amide bonds. The van der Waals surface area contributed by atoms with E-state index in [1.807, 2.05) is 37.0 Å². The van der Waals surface area contributed by atoms with E-state index in [0.29, 0.717) is 5.92 Å². The highest BCUT2D eigenvalue weighted by molar-refractivity contribution is 9.10. The second-order valence-electron chi connectivity index (χ2n) is 7.71. The van der Waals surface area contributed by atoms with Crippen LogP contribution in [-0.4, -0.2) is 29.7 Å². The summed E-state index contributed by atoms with van der Waals surface area (Å²) in [6, 6.07) is 8.74. The largest absolute Gasteiger partial charge is 0.444 e. The van der Waals surface area contributed by atoms with Crippen molar-refractivity contribution in [2.45, 2.75) is 38.2 Å². The van der Waals surface area contributed by atoms with Crippen molar-refractivity contribution in [1.29, 1.82) is 0 Å². The molecule has 1 saturated heterocycles. The van der Waals surface area contributed by atoms with Crippen LogP contribution in [0, 0.1) is 5.92 Å². The molecule has 2 atom stereocenters. The maximum Gasteiger partial charge on any atom is 0.410 e. The molecule has 0 spiro atoms. The van der Waals surface area contributed by atoms with Gasteiger partial charge in [-0.15, -0.1) is 11.3 Å². The smallest absolute Gasteiger partial charge is 0.410 e. The van der Waals surface area contributed by atoms with Crippen molar-refractivity contribution in [3.8, 4) is 0 Å². The van der Waals surface area contributed by atoms with E-state index in [1.54, 1.807) is 0 Å². The molecule has 4 rings (SSSR count). The Bertz CT molecular complexity index is 794. The predicted octanol–water partition coefficient (Wildman–Crippen LogP) is 5.17. The minimum Gasteiger partial charge on any atom is -0.444 e. The zero-order valence-corrected chi connectivity index (χ0v) is 16.0. The van der Waals surface area contributed by atoms with Crippen molar-refractivity contribution in [2.75, 3.05) is 13.1 Å². The highest BCUT2D eigenvalue weighted by atomic mass is 79.9. The van der Waals surface area contributed by atoms with Crippen molar-refractivity contribution in [2.24, 2.45) is 5.92 Å². The zero-order valence-electron chi connectivity index (χ0n) is 13.6. The average Bonchev–Trinajstić information content (AvgIpc) is 2.82. The van der Waals surface area contributed by atoms with Gasteiger partial charge in [-0.25, -0.2) is 4.79 Å². The third-order valence-electron chi connectivity index (χ3n) is 4.77. The van der Waals surface area contributed by atoms with E-state index in [9.17, 15) is 4.79 Å². The van der Waals surface area contributed by atoms with Crippen molar-refractivity contribution < 1.29 is 9.53 Å². The number of ether oxygens (including phenoxy) is 1. The standard InChI is InChI=1S/C18H20BrNO2S/c1-17(2,3)22-16(21)20-9-12-8-18(12,10-20)15-6-11-4-5-13(19)7-14(11)23-15/h4-7,12H,8-10H2,1-3H3. The summed E-state index contributed by atoms with van der Waals surface area (Å²) in [6.07, 6.45) is 1.02. The summed E-state index contributed by atoms with van der Waals surface area (Å²) in [4.78, 5) is 15.6. The van der Waals surface area contributed by atoms with Gasteiger partial charge >= 0.3 is 6.09 Å². The summed E-state index contributed by atoms with van der Waals surface area (Å²) in [5.41, 5.74) is -0.256. The molecule has 0 N–H and O–H groups in total. The molecule has 3 nitrogen and oxygen atoms in total. The van der Waals surface area contributed by atoms with Crippen LogP contribution >= 0.6 is 27.3 Å². The van der Waals surface area contributed by atoms with Gasteiger partial charge in [0, 0.05) is 32.6 Å². The van der Waals surface area contributed by atoms with Crippen LogP contribution in [0.25, 0.3) is 10.1 Å². The van der Waals surface area contributed by atoms with Crippen molar-refractivity contribution in [1.82, 2.24) is 4.90 Å². The van der Waals surface area contributed by atoms with E-state index < -0.39 is 5.60 Å². The van der Waals surface area contributed by atoms with E-state index in [4.69, 9.17) is 4.74 Å². The number of hydrogen-bond donors (Lipinski definition) is 0. The fourth-order valence-corrected chi connectivity index (χ4v) is 5.46. The predicted molar refractivity (Wildman–Crippen MR) is 97.1 cm³/mol. The molecule has 1 aromatic heterocycles. The number of thiophene rings is 1. The average molecular weight is 394 g/mol. The molecule has 1 saturated carbocycles. The number of fused-ring (bicyclic) bond motifs is 2. The van der Waals surface area contributed by atoms with Crippen molar-refractivity contribution in [3.05, 3.63) is 33.6 Å². The zero-order chi connectivity index (χ0) is 16.4. The van der Waals surface area contributed by atoms with Gasteiger partial charge in [0.25, 0.3) is 0 Å². The molecule has 23 heavy (non-hydrogen) atoms. The van der Waals surface area contributed by atoms with Crippen molar-refractivity contribution >= 4 is 43.4 Å². The van der Waals surface area contributed by atoms with Crippen LogP contribution in [0.5, 0.6) is 0 Å². The molecule has 2 unspecified atom stereocenters.